The van der Waals surface area contributed by atoms with Gasteiger partial charge in [0, 0.05) is 17.5 Å². The molecule has 4 atom stereocenters. The molecule has 2 aliphatic heterocycles. The maximum Gasteiger partial charge on any atom is 0.408 e. The maximum atomic E-state index is 13.7. The molecule has 242 valence electrons. The molecule has 1 saturated heterocycles. The van der Waals surface area contributed by atoms with Crippen LogP contribution in [0.3, 0.4) is 0 Å². The summed E-state index contributed by atoms with van der Waals surface area (Å²) < 4.78 is 33.9. The minimum Gasteiger partial charge on any atom is -0.444 e. The van der Waals surface area contributed by atoms with Crippen LogP contribution in [-0.2, 0) is 29.1 Å². The van der Waals surface area contributed by atoms with E-state index in [1.54, 1.807) is 26.8 Å². The van der Waals surface area contributed by atoms with Crippen molar-refractivity contribution in [2.75, 3.05) is 6.54 Å². The highest BCUT2D eigenvalue weighted by Gasteiger charge is 2.61. The molecule has 4 rings (SSSR count). The number of hydrogen-bond acceptors (Lipinski definition) is 7. The van der Waals surface area contributed by atoms with Crippen LogP contribution >= 0.6 is 34.8 Å². The van der Waals surface area contributed by atoms with Gasteiger partial charge in [-0.3, -0.25) is 14.4 Å². The second kappa shape index (κ2) is 13.4. The number of benzene rings is 1. The van der Waals surface area contributed by atoms with Gasteiger partial charge < -0.3 is 20.3 Å². The van der Waals surface area contributed by atoms with E-state index in [0.717, 1.165) is 12.8 Å². The van der Waals surface area contributed by atoms with Crippen molar-refractivity contribution in [3.05, 3.63) is 39.4 Å². The van der Waals surface area contributed by atoms with Gasteiger partial charge in [0.25, 0.3) is 15.9 Å². The number of alkyl carbamates (subject to hydrolysis) is 1. The Labute approximate surface area is 272 Å². The second-order valence-electron chi connectivity index (χ2n) is 12.4. The summed E-state index contributed by atoms with van der Waals surface area (Å²) in [6.45, 7) is 5.45. The average Bonchev–Trinajstić information content (AvgIpc) is 3.34. The normalized spacial score (nSPS) is 27.1. The number of carbonyl (C=O) groups is 4. The SMILES string of the molecule is CC(C)(C)OC(=O)N[C@H]1CCCCC/C=C\[C@H]2C[C@@]2(C(=O)NS(=O)(=O)c2c(Cl)cc(Cl)cc2Cl)NC(=O)[C@@H]2CCCN2C1=O. The predicted octanol–water partition coefficient (Wildman–Crippen LogP) is 4.73. The summed E-state index contributed by atoms with van der Waals surface area (Å²) in [7, 11) is -4.55. The third-order valence-corrected chi connectivity index (χ3v) is 10.3. The summed E-state index contributed by atoms with van der Waals surface area (Å²) in [5, 5.41) is 5.03. The Kier molecular flexibility index (Phi) is 10.5. The fourth-order valence-electron chi connectivity index (χ4n) is 5.59. The minimum atomic E-state index is -4.55. The fraction of sp³-hybridized carbons (Fsp3) is 0.586. The van der Waals surface area contributed by atoms with Crippen molar-refractivity contribution in [3.8, 4) is 0 Å². The van der Waals surface area contributed by atoms with Gasteiger partial charge in [0.05, 0.1) is 10.0 Å². The Bertz CT molecular complexity index is 1440. The second-order valence-corrected chi connectivity index (χ2v) is 15.2. The molecule has 0 bridgehead atoms. The lowest BCUT2D eigenvalue weighted by molar-refractivity contribution is -0.141. The molecule has 2 heterocycles. The predicted molar refractivity (Wildman–Crippen MR) is 166 cm³/mol. The van der Waals surface area contributed by atoms with Crippen molar-refractivity contribution in [1.29, 1.82) is 0 Å². The Morgan fingerprint density at radius 2 is 1.73 bits per heavy atom. The molecule has 2 fully saturated rings. The monoisotopic (exact) mass is 690 g/mol. The van der Waals surface area contributed by atoms with Crippen molar-refractivity contribution < 1.29 is 32.3 Å². The van der Waals surface area contributed by atoms with Crippen molar-refractivity contribution in [2.24, 2.45) is 5.92 Å². The highest BCUT2D eigenvalue weighted by molar-refractivity contribution is 7.90. The first-order valence-corrected chi connectivity index (χ1v) is 17.2. The first kappa shape index (κ1) is 34.3. The Morgan fingerprint density at radius 1 is 1.05 bits per heavy atom. The van der Waals surface area contributed by atoms with Crippen LogP contribution in [0.4, 0.5) is 4.79 Å². The van der Waals surface area contributed by atoms with E-state index in [1.807, 2.05) is 10.8 Å². The van der Waals surface area contributed by atoms with Gasteiger partial charge in [-0.15, -0.1) is 0 Å². The molecule has 1 saturated carbocycles. The van der Waals surface area contributed by atoms with Gasteiger partial charge in [0.1, 0.15) is 28.1 Å². The summed E-state index contributed by atoms with van der Waals surface area (Å²) >= 11 is 18.2. The topological polar surface area (TPSA) is 151 Å². The third-order valence-electron chi connectivity index (χ3n) is 7.78. The molecule has 1 aromatic carbocycles. The van der Waals surface area contributed by atoms with Gasteiger partial charge in [0.15, 0.2) is 0 Å². The zero-order valence-corrected chi connectivity index (χ0v) is 27.8. The molecule has 0 spiro atoms. The third kappa shape index (κ3) is 7.99. The molecule has 3 N–H and O–H groups in total. The summed E-state index contributed by atoms with van der Waals surface area (Å²) in [6, 6.07) is 0.570. The number of amides is 4. The number of allylic oxidation sites excluding steroid dienone is 1. The van der Waals surface area contributed by atoms with Crippen LogP contribution in [0.25, 0.3) is 0 Å². The first-order chi connectivity index (χ1) is 20.5. The van der Waals surface area contributed by atoms with Gasteiger partial charge in [-0.05, 0) is 71.4 Å². The zero-order chi connectivity index (χ0) is 32.4. The lowest BCUT2D eigenvalue weighted by Crippen LogP contribution is -2.58. The van der Waals surface area contributed by atoms with Crippen LogP contribution in [0.2, 0.25) is 15.1 Å². The zero-order valence-electron chi connectivity index (χ0n) is 24.8. The number of sulfonamides is 1. The number of halogens is 3. The van der Waals surface area contributed by atoms with E-state index < -0.39 is 67.9 Å². The molecular weight excluding hydrogens is 655 g/mol. The summed E-state index contributed by atoms with van der Waals surface area (Å²) in [6.07, 6.45) is 7.27. The number of ether oxygens (including phenoxy) is 1. The van der Waals surface area contributed by atoms with Gasteiger partial charge in [-0.1, -0.05) is 59.8 Å². The van der Waals surface area contributed by atoms with Crippen LogP contribution in [0, 0.1) is 5.92 Å². The summed E-state index contributed by atoms with van der Waals surface area (Å²) in [4.78, 5) is 54.5. The molecule has 0 aromatic heterocycles. The number of carbonyl (C=O) groups excluding carboxylic acids is 4. The van der Waals surface area contributed by atoms with E-state index in [9.17, 15) is 27.6 Å². The molecule has 1 aromatic rings. The van der Waals surface area contributed by atoms with Crippen molar-refractivity contribution in [3.63, 3.8) is 0 Å². The van der Waals surface area contributed by atoms with E-state index in [2.05, 4.69) is 10.6 Å². The number of nitrogens with one attached hydrogen (secondary N) is 3. The molecule has 11 nitrogen and oxygen atoms in total. The lowest BCUT2D eigenvalue weighted by atomic mass is 10.0. The summed E-state index contributed by atoms with van der Waals surface area (Å²) in [5.74, 6) is -2.43. The standard InChI is InChI=1S/C29H37Cl3N4O7S/c1-28(2,3)43-27(40)33-21-11-8-6-4-5-7-10-17-16-29(17,34-24(37)22-12-9-13-36(22)25(21)38)26(39)35-44(41,42)23-19(31)14-18(30)15-20(23)32/h7,10,14-15,17,21-22H,4-6,8-9,11-13,16H2,1-3H3,(H,33,40)(H,34,37)(H,35,39)/b10-7-/t17-,21-,22-,29+/m0/s1. The highest BCUT2D eigenvalue weighted by Crippen LogP contribution is 2.46. The number of rotatable bonds is 4. The van der Waals surface area contributed by atoms with E-state index in [4.69, 9.17) is 39.5 Å². The Balaban J connectivity index is 1.59. The minimum absolute atomic E-state index is 0.115. The van der Waals surface area contributed by atoms with E-state index >= 15 is 0 Å². The van der Waals surface area contributed by atoms with Crippen LogP contribution < -0.4 is 15.4 Å². The molecular formula is C29H37Cl3N4O7S. The van der Waals surface area contributed by atoms with Crippen molar-refractivity contribution in [1.82, 2.24) is 20.3 Å². The first-order valence-electron chi connectivity index (χ1n) is 14.5. The van der Waals surface area contributed by atoms with E-state index in [1.165, 1.54) is 17.0 Å². The molecule has 3 aliphatic rings. The molecule has 44 heavy (non-hydrogen) atoms. The van der Waals surface area contributed by atoms with E-state index in [0.29, 0.717) is 32.1 Å². The van der Waals surface area contributed by atoms with Gasteiger partial charge in [-0.25, -0.2) is 17.9 Å². The maximum absolute atomic E-state index is 13.7. The van der Waals surface area contributed by atoms with Crippen LogP contribution in [0.1, 0.15) is 72.1 Å². The highest BCUT2D eigenvalue weighted by atomic mass is 35.5. The molecule has 0 unspecified atom stereocenters. The van der Waals surface area contributed by atoms with E-state index in [-0.39, 0.29) is 28.0 Å². The largest absolute Gasteiger partial charge is 0.444 e. The van der Waals surface area contributed by atoms with Crippen LogP contribution in [-0.4, -0.2) is 66.9 Å². The smallest absolute Gasteiger partial charge is 0.408 e. The van der Waals surface area contributed by atoms with Crippen LogP contribution in [0.5, 0.6) is 0 Å². The number of fused-ring (bicyclic) bond motifs is 2. The molecule has 0 radical (unpaired) electrons. The quantitative estimate of drug-likeness (QED) is 0.386. The molecule has 1 aliphatic carbocycles. The molecule has 15 heteroatoms. The fourth-order valence-corrected chi connectivity index (χ4v) is 8.18. The lowest BCUT2D eigenvalue weighted by Gasteiger charge is -2.30. The van der Waals surface area contributed by atoms with Crippen molar-refractivity contribution >= 4 is 68.6 Å². The number of hydrogen-bond donors (Lipinski definition) is 3. The molecule has 4 amide bonds. The van der Waals surface area contributed by atoms with Gasteiger partial charge in [-0.2, -0.15) is 0 Å². The Morgan fingerprint density at radius 3 is 2.39 bits per heavy atom. The van der Waals surface area contributed by atoms with Gasteiger partial charge in [0.2, 0.25) is 11.8 Å². The summed E-state index contributed by atoms with van der Waals surface area (Å²) in [5.41, 5.74) is -2.33. The van der Waals surface area contributed by atoms with Crippen molar-refractivity contribution in [2.45, 2.75) is 100 Å². The number of nitrogens with zero attached hydrogens (tertiary/aromatic N) is 1. The van der Waals surface area contributed by atoms with Crippen LogP contribution in [0.15, 0.2) is 29.2 Å². The average molecular weight is 692 g/mol. The van der Waals surface area contributed by atoms with Gasteiger partial charge >= 0.3 is 6.09 Å². The Hall–Kier alpha value is -2.54.